The number of carboxylic acid groups (broad SMARTS) is 1. The Kier molecular flexibility index (Phi) is 33.0. The van der Waals surface area contributed by atoms with Gasteiger partial charge in [0.1, 0.15) is 48.7 Å². The standard InChI is InChI=1S/C26H24FNO3S.C24H20FNO3S.C20H20O6S2.C7H10BNO2.ClH.Li.H2O/c1-2-30-24(29)14-18-6-3-4-9-23(18)31-16-17-12-19-10-11-32-26(19)22(13-17)21-8-5-7-20(15-28)25(21)27;25-23-18(13-26)5-3-6-19(23)20-11-15(10-17-8-9-30-24(17)20)14-29-21-7-2-1-4-16(21)12-22(27)28;1-3-24-19(21)12-15-6-4-5-7-17(15)25-13-14-10-16-8-9-27-20(16)18(11-14)26-28(2,22)23;9-5-6-2-1-3-7(4-6)8(10)11;;;/h3-13H,2,14-16,28H2,1H3;1-11H,12-14,26H2,(H,27,28);4-11H,3,12-13H2,1-2H3;1-4,10-11H,5,9H2;1H;;1H2/q;;;;;+1;/p-1. The molecule has 0 fully saturated rings. The molecule has 0 spiro atoms. The molecule has 0 saturated heterocycles. The van der Waals surface area contributed by atoms with Gasteiger partial charge < -0.3 is 65.7 Å². The molecule has 0 bridgehead atoms. The molecule has 104 heavy (non-hydrogen) atoms. The molecule has 0 radical (unpaired) electrons. The van der Waals surface area contributed by atoms with E-state index in [1.54, 1.807) is 109 Å². The van der Waals surface area contributed by atoms with E-state index < -0.39 is 23.2 Å². The maximum Gasteiger partial charge on any atom is 1.00 e. The maximum atomic E-state index is 15.1. The minimum Gasteiger partial charge on any atom is -0.870 e. The van der Waals surface area contributed by atoms with Crippen LogP contribution in [0.15, 0.2) is 204 Å². The summed E-state index contributed by atoms with van der Waals surface area (Å²) in [6, 6.07) is 56.7. The first-order valence-corrected chi connectivity index (χ1v) is 36.4. The van der Waals surface area contributed by atoms with Crippen molar-refractivity contribution in [2.75, 3.05) is 19.5 Å². The number of fused-ring (bicyclic) bond motifs is 3. The molecule has 0 unspecified atom stereocenters. The topological polar surface area (TPSA) is 309 Å². The minimum absolute atomic E-state index is 0. The quantitative estimate of drug-likeness (QED) is 0.0176. The van der Waals surface area contributed by atoms with Gasteiger partial charge in [-0.3, -0.25) is 14.4 Å². The van der Waals surface area contributed by atoms with Gasteiger partial charge in [-0.25, -0.2) is 8.78 Å². The summed E-state index contributed by atoms with van der Waals surface area (Å²) in [7, 11) is -5.04. The molecule has 3 heterocycles. The van der Waals surface area contributed by atoms with E-state index in [4.69, 9.17) is 60.2 Å². The van der Waals surface area contributed by atoms with Gasteiger partial charge in [0.2, 0.25) is 0 Å². The van der Waals surface area contributed by atoms with Gasteiger partial charge in [-0.15, -0.1) is 46.4 Å². The molecule has 18 nitrogen and oxygen atoms in total. The third kappa shape index (κ3) is 23.2. The summed E-state index contributed by atoms with van der Waals surface area (Å²) >= 11 is 4.55. The Hall–Kier alpha value is -9.01. The third-order valence-corrected chi connectivity index (χ3v) is 18.8. The first-order chi connectivity index (χ1) is 48.8. The number of benzene rings is 9. The van der Waals surface area contributed by atoms with E-state index in [2.05, 4.69) is 0 Å². The van der Waals surface area contributed by atoms with Gasteiger partial charge in [-0.1, -0.05) is 115 Å². The van der Waals surface area contributed by atoms with E-state index in [0.717, 1.165) is 81.0 Å². The zero-order chi connectivity index (χ0) is 72.0. The van der Waals surface area contributed by atoms with Crippen molar-refractivity contribution in [1.82, 2.24) is 0 Å². The first kappa shape index (κ1) is 83.9. The van der Waals surface area contributed by atoms with Crippen LogP contribution in [0.4, 0.5) is 8.78 Å². The van der Waals surface area contributed by atoms with Crippen LogP contribution in [0.5, 0.6) is 23.0 Å². The molecule has 12 aromatic rings. The number of ether oxygens (including phenoxy) is 5. The second kappa shape index (κ2) is 40.9. The second-order valence-corrected chi connectivity index (χ2v) is 27.0. The van der Waals surface area contributed by atoms with Crippen LogP contribution in [0.3, 0.4) is 0 Å². The van der Waals surface area contributed by atoms with Crippen LogP contribution in [0.25, 0.3) is 52.5 Å². The Morgan fingerprint density at radius 2 is 0.846 bits per heavy atom. The molecule has 0 saturated carbocycles. The van der Waals surface area contributed by atoms with E-state index in [9.17, 15) is 27.2 Å². The Labute approximate surface area is 632 Å². The predicted octanol–water partition coefficient (Wildman–Crippen LogP) is 11.2. The molecule has 12 rings (SSSR count). The van der Waals surface area contributed by atoms with E-state index >= 15 is 4.39 Å². The molecule has 0 aliphatic carbocycles. The van der Waals surface area contributed by atoms with Gasteiger partial charge in [0, 0.05) is 79.1 Å². The molecule has 27 heteroatoms. The van der Waals surface area contributed by atoms with Gasteiger partial charge >= 0.3 is 54.0 Å². The maximum absolute atomic E-state index is 15.1. The second-order valence-electron chi connectivity index (χ2n) is 22.7. The molecule has 0 atom stereocenters. The Bertz CT molecular complexity index is 4970. The van der Waals surface area contributed by atoms with Crippen LogP contribution in [0.2, 0.25) is 0 Å². The summed E-state index contributed by atoms with van der Waals surface area (Å²) in [6.45, 7) is 5.64. The SMILES string of the molecule is CCOC(=O)Cc1ccccc1OCc1cc(-c2cccc(CN)c2F)c2sccc2c1.CCOC(=O)Cc1ccccc1OCc1cc(OS(C)(=O)=O)c2sccc2c1.Cl.NCc1cccc(-c2cc(COc3ccccc3CC(=O)O)cc3ccsc23)c1F.NCc1cccc(B(O)O)c1.[Li+].[OH-]. The van der Waals surface area contributed by atoms with Crippen LogP contribution in [-0.2, 0) is 92.7 Å². The summed E-state index contributed by atoms with van der Waals surface area (Å²) in [4.78, 5) is 34.8. The molecule has 538 valence electrons. The van der Waals surface area contributed by atoms with Crippen LogP contribution in [-0.4, -0.2) is 73.5 Å². The van der Waals surface area contributed by atoms with Crippen molar-refractivity contribution in [3.63, 3.8) is 0 Å². The molecule has 0 aliphatic heterocycles. The summed E-state index contributed by atoms with van der Waals surface area (Å²) in [5, 5.41) is 35.4. The van der Waals surface area contributed by atoms with Crippen LogP contribution >= 0.6 is 46.4 Å². The summed E-state index contributed by atoms with van der Waals surface area (Å²) in [5.74, 6) is -0.0970. The van der Waals surface area contributed by atoms with Crippen molar-refractivity contribution in [3.05, 3.63) is 266 Å². The fourth-order valence-electron chi connectivity index (χ4n) is 10.8. The number of thiophene rings is 3. The number of hydrogen-bond donors (Lipinski definition) is 6. The van der Waals surface area contributed by atoms with Crippen molar-refractivity contribution >= 4 is 117 Å². The Morgan fingerprint density at radius 3 is 1.24 bits per heavy atom. The van der Waals surface area contributed by atoms with E-state index in [1.165, 1.54) is 11.3 Å². The number of para-hydroxylation sites is 3. The van der Waals surface area contributed by atoms with Gasteiger partial charge in [0.25, 0.3) is 0 Å². The van der Waals surface area contributed by atoms with Gasteiger partial charge in [0.05, 0.1) is 43.4 Å². The average molecular weight is 1500 g/mol. The third-order valence-electron chi connectivity index (χ3n) is 15.4. The van der Waals surface area contributed by atoms with Crippen molar-refractivity contribution in [1.29, 1.82) is 0 Å². The first-order valence-electron chi connectivity index (χ1n) is 31.9. The smallest absolute Gasteiger partial charge is 0.870 e. The van der Waals surface area contributed by atoms with Crippen molar-refractivity contribution in [2.45, 2.75) is 72.6 Å². The number of carbonyl (C=O) groups is 3. The number of aliphatic carboxylic acids is 1. The zero-order valence-electron chi connectivity index (χ0n) is 57.3. The number of esters is 2. The van der Waals surface area contributed by atoms with Crippen molar-refractivity contribution in [2.24, 2.45) is 17.2 Å². The fraction of sp³-hybridized carbons (Fsp3) is 0.182. The van der Waals surface area contributed by atoms with E-state index in [1.807, 2.05) is 131 Å². The molecule has 0 amide bonds. The average Bonchev–Trinajstić information content (AvgIpc) is 1.49. The molecule has 10 N–H and O–H groups in total. The summed E-state index contributed by atoms with van der Waals surface area (Å²) in [5.41, 5.74) is 26.4. The predicted molar refractivity (Wildman–Crippen MR) is 405 cm³/mol. The number of rotatable bonds is 25. The number of hydrogen-bond acceptors (Lipinski definition) is 20. The Morgan fingerprint density at radius 1 is 0.462 bits per heavy atom. The van der Waals surface area contributed by atoms with Crippen molar-refractivity contribution < 1.29 is 98.9 Å². The monoisotopic (exact) mass is 1500 g/mol. The van der Waals surface area contributed by atoms with E-state index in [0.29, 0.717) is 70.3 Å². The van der Waals surface area contributed by atoms with Crippen LogP contribution in [0.1, 0.15) is 63.9 Å². The number of carboxylic acids is 1. The number of carbonyl (C=O) groups excluding carboxylic acids is 2. The van der Waals surface area contributed by atoms with Gasteiger partial charge in [-0.2, -0.15) is 8.42 Å². The van der Waals surface area contributed by atoms with Gasteiger partial charge in [-0.05, 0) is 147 Å². The summed E-state index contributed by atoms with van der Waals surface area (Å²) in [6.07, 6.45) is 1.18. The number of halogens is 3. The van der Waals surface area contributed by atoms with Crippen LogP contribution in [0, 0.1) is 11.6 Å². The Balaban J connectivity index is 0.000000225. The van der Waals surface area contributed by atoms with Crippen molar-refractivity contribution in [3.8, 4) is 45.3 Å². The molecule has 9 aromatic carbocycles. The minimum atomic E-state index is -3.64. The molecule has 0 aliphatic rings. The van der Waals surface area contributed by atoms with Crippen LogP contribution < -0.4 is 59.9 Å². The van der Waals surface area contributed by atoms with E-state index in [-0.39, 0.29) is 118 Å². The van der Waals surface area contributed by atoms with Gasteiger partial charge in [0.15, 0.2) is 5.75 Å². The largest absolute Gasteiger partial charge is 1.00 e. The fourth-order valence-corrected chi connectivity index (χ4v) is 14.0. The molecular weight excluding hydrogens is 1430 g/mol. The molecular formula is C77H76BClF2LiN3O15S4. The normalized spacial score (nSPS) is 10.6. The number of nitrogens with two attached hydrogens (primary N) is 3. The molecule has 3 aromatic heterocycles. The zero-order valence-corrected chi connectivity index (χ0v) is 61.4. The summed E-state index contributed by atoms with van der Waals surface area (Å²) < 4.78 is 89.1.